The Morgan fingerprint density at radius 2 is 2.46 bits per heavy atom. The highest BCUT2D eigenvalue weighted by molar-refractivity contribution is 5.85. The maximum absolute atomic E-state index is 10.3. The quantitative estimate of drug-likeness (QED) is 0.400. The summed E-state index contributed by atoms with van der Waals surface area (Å²) in [6.45, 7) is 0. The van der Waals surface area contributed by atoms with E-state index in [-0.39, 0.29) is 11.5 Å². The summed E-state index contributed by atoms with van der Waals surface area (Å²) < 4.78 is 0. The number of imidazole rings is 1. The highest BCUT2D eigenvalue weighted by atomic mass is 16.6. The van der Waals surface area contributed by atoms with Crippen LogP contribution in [-0.4, -0.2) is 26.0 Å². The van der Waals surface area contributed by atoms with Crippen molar-refractivity contribution in [1.29, 1.82) is 0 Å². The summed E-state index contributed by atoms with van der Waals surface area (Å²) in [5.41, 5.74) is -0.00704. The molecule has 0 bridgehead atoms. The Bertz CT molecular complexity index is 368. The molecule has 7 heteroatoms. The second kappa shape index (κ2) is 3.48. The molecule has 1 aromatic rings. The zero-order valence-electron chi connectivity index (χ0n) is 6.30. The van der Waals surface area contributed by atoms with Crippen LogP contribution in [0.3, 0.4) is 0 Å². The minimum Gasteiger partial charge on any atom is -0.478 e. The zero-order chi connectivity index (χ0) is 9.84. The Morgan fingerprint density at radius 1 is 1.77 bits per heavy atom. The molecule has 0 saturated heterocycles. The van der Waals surface area contributed by atoms with Crippen LogP contribution < -0.4 is 0 Å². The Labute approximate surface area is 71.9 Å². The molecule has 1 aromatic heterocycles. The minimum atomic E-state index is -1.18. The molecule has 0 fully saturated rings. The third-order valence-corrected chi connectivity index (χ3v) is 1.21. The highest BCUT2D eigenvalue weighted by Crippen LogP contribution is 2.13. The van der Waals surface area contributed by atoms with Gasteiger partial charge in [0.2, 0.25) is 0 Å². The zero-order valence-corrected chi connectivity index (χ0v) is 6.30. The van der Waals surface area contributed by atoms with E-state index in [1.54, 1.807) is 0 Å². The lowest BCUT2D eigenvalue weighted by atomic mass is 10.4. The van der Waals surface area contributed by atoms with E-state index in [1.807, 2.05) is 0 Å². The van der Waals surface area contributed by atoms with Gasteiger partial charge in [-0.15, -0.1) is 0 Å². The van der Waals surface area contributed by atoms with Gasteiger partial charge in [0, 0.05) is 6.08 Å². The van der Waals surface area contributed by atoms with Crippen LogP contribution >= 0.6 is 0 Å². The maximum Gasteiger partial charge on any atom is 0.347 e. The van der Waals surface area contributed by atoms with Crippen molar-refractivity contribution in [3.8, 4) is 0 Å². The van der Waals surface area contributed by atoms with Crippen molar-refractivity contribution >= 4 is 17.9 Å². The van der Waals surface area contributed by atoms with Crippen LogP contribution in [0.5, 0.6) is 0 Å². The third-order valence-electron chi connectivity index (χ3n) is 1.21. The van der Waals surface area contributed by atoms with E-state index in [2.05, 4.69) is 9.97 Å². The number of nitrogens with zero attached hydrogens (tertiary/aromatic N) is 2. The molecule has 0 radical (unpaired) electrons. The topological polar surface area (TPSA) is 109 Å². The van der Waals surface area contributed by atoms with E-state index < -0.39 is 10.9 Å². The average molecular weight is 183 g/mol. The van der Waals surface area contributed by atoms with Gasteiger partial charge in [-0.1, -0.05) is 0 Å². The van der Waals surface area contributed by atoms with E-state index in [9.17, 15) is 14.9 Å². The predicted molar refractivity (Wildman–Crippen MR) is 41.9 cm³/mol. The van der Waals surface area contributed by atoms with Crippen molar-refractivity contribution in [1.82, 2.24) is 9.97 Å². The molecule has 0 aromatic carbocycles. The van der Waals surface area contributed by atoms with Crippen molar-refractivity contribution in [2.45, 2.75) is 0 Å². The number of H-pyrrole nitrogens is 1. The molecule has 2 N–H and O–H groups in total. The van der Waals surface area contributed by atoms with Crippen molar-refractivity contribution in [3.05, 3.63) is 28.2 Å². The molecule has 0 aliphatic heterocycles. The fourth-order valence-electron chi connectivity index (χ4n) is 0.716. The summed E-state index contributed by atoms with van der Waals surface area (Å²) in [7, 11) is 0. The molecule has 1 rings (SSSR count). The van der Waals surface area contributed by atoms with Gasteiger partial charge in [-0.3, -0.25) is 0 Å². The average Bonchev–Trinajstić information content (AvgIpc) is 2.47. The number of hydrogen-bond acceptors (Lipinski definition) is 4. The number of nitrogens with one attached hydrogen (secondary N) is 1. The van der Waals surface area contributed by atoms with Crippen molar-refractivity contribution in [3.63, 3.8) is 0 Å². The SMILES string of the molecule is O=C(O)C=Cc1nc[nH]c1[N+](=O)[O-]. The first-order valence-electron chi connectivity index (χ1n) is 3.20. The first-order valence-corrected chi connectivity index (χ1v) is 3.20. The number of rotatable bonds is 3. The molecule has 0 unspecified atom stereocenters. The van der Waals surface area contributed by atoms with Gasteiger partial charge in [-0.05, 0) is 11.0 Å². The van der Waals surface area contributed by atoms with Crippen molar-refractivity contribution < 1.29 is 14.8 Å². The van der Waals surface area contributed by atoms with E-state index in [1.165, 1.54) is 0 Å². The molecule has 13 heavy (non-hydrogen) atoms. The molecule has 0 amide bonds. The van der Waals surface area contributed by atoms with Crippen LogP contribution in [0.1, 0.15) is 5.69 Å². The molecule has 0 atom stereocenters. The van der Waals surface area contributed by atoms with E-state index in [0.29, 0.717) is 0 Å². The first-order chi connectivity index (χ1) is 6.11. The molecule has 0 spiro atoms. The molecule has 7 nitrogen and oxygen atoms in total. The van der Waals surface area contributed by atoms with Crippen LogP contribution in [0.4, 0.5) is 5.82 Å². The molecule has 0 saturated carbocycles. The number of aromatic amines is 1. The summed E-state index contributed by atoms with van der Waals surface area (Å²) in [5, 5.41) is 18.5. The van der Waals surface area contributed by atoms with E-state index >= 15 is 0 Å². The summed E-state index contributed by atoms with van der Waals surface area (Å²) in [5.74, 6) is -1.50. The van der Waals surface area contributed by atoms with Gasteiger partial charge in [0.1, 0.15) is 0 Å². The summed E-state index contributed by atoms with van der Waals surface area (Å²) in [6.07, 6.45) is 2.96. The van der Waals surface area contributed by atoms with Crippen LogP contribution in [0, 0.1) is 10.1 Å². The number of hydrogen-bond donors (Lipinski definition) is 2. The number of aliphatic carboxylic acids is 1. The highest BCUT2D eigenvalue weighted by Gasteiger charge is 2.11. The second-order valence-electron chi connectivity index (χ2n) is 2.07. The van der Waals surface area contributed by atoms with Crippen LogP contribution in [-0.2, 0) is 4.79 Å². The van der Waals surface area contributed by atoms with Gasteiger partial charge in [-0.25, -0.2) is 14.8 Å². The summed E-state index contributed by atoms with van der Waals surface area (Å²) in [4.78, 5) is 25.5. The molecular formula is C6H5N3O4. The van der Waals surface area contributed by atoms with Gasteiger partial charge in [0.05, 0.1) is 0 Å². The Balaban J connectivity index is 2.95. The first kappa shape index (κ1) is 8.91. The normalized spacial score (nSPS) is 10.5. The van der Waals surface area contributed by atoms with Crippen molar-refractivity contribution in [2.75, 3.05) is 0 Å². The summed E-state index contributed by atoms with van der Waals surface area (Å²) in [6, 6.07) is 0. The second-order valence-corrected chi connectivity index (χ2v) is 2.07. The number of nitro groups is 1. The van der Waals surface area contributed by atoms with Gasteiger partial charge in [0.25, 0.3) is 0 Å². The predicted octanol–water partition coefficient (Wildman–Crippen LogP) is 0.416. The van der Waals surface area contributed by atoms with Crippen LogP contribution in [0.15, 0.2) is 12.4 Å². The number of carboxylic acids is 1. The van der Waals surface area contributed by atoms with E-state index in [0.717, 1.165) is 18.5 Å². The number of carboxylic acid groups (broad SMARTS) is 1. The Morgan fingerprint density at radius 3 is 3.00 bits per heavy atom. The largest absolute Gasteiger partial charge is 0.478 e. The Hall–Kier alpha value is -2.18. The fraction of sp³-hybridized carbons (Fsp3) is 0. The lowest BCUT2D eigenvalue weighted by molar-refractivity contribution is -0.389. The van der Waals surface area contributed by atoms with Gasteiger partial charge < -0.3 is 15.2 Å². The van der Waals surface area contributed by atoms with Gasteiger partial charge >= 0.3 is 11.8 Å². The van der Waals surface area contributed by atoms with Gasteiger partial charge in [-0.2, -0.15) is 0 Å². The van der Waals surface area contributed by atoms with Crippen LogP contribution in [0.2, 0.25) is 0 Å². The monoisotopic (exact) mass is 183 g/mol. The minimum absolute atomic E-state index is 0.00704. The lowest BCUT2D eigenvalue weighted by Gasteiger charge is -1.89. The fourth-order valence-corrected chi connectivity index (χ4v) is 0.716. The van der Waals surface area contributed by atoms with Crippen LogP contribution in [0.25, 0.3) is 6.08 Å². The smallest absolute Gasteiger partial charge is 0.347 e. The number of carbonyl (C=O) groups is 1. The lowest BCUT2D eigenvalue weighted by Crippen LogP contribution is -1.91. The molecular weight excluding hydrogens is 178 g/mol. The maximum atomic E-state index is 10.3. The molecule has 0 aliphatic rings. The molecule has 68 valence electrons. The van der Waals surface area contributed by atoms with E-state index in [4.69, 9.17) is 5.11 Å². The Kier molecular flexibility index (Phi) is 2.38. The standard InChI is InChI=1S/C6H5N3O4/c10-5(11)2-1-4-6(9(12)13)8-3-7-4/h1-3H,(H,7,8)(H,10,11). The third kappa shape index (κ3) is 2.12. The molecule has 0 aliphatic carbocycles. The number of aromatic nitrogens is 2. The van der Waals surface area contributed by atoms with Gasteiger partial charge in [0.15, 0.2) is 12.0 Å². The van der Waals surface area contributed by atoms with Crippen molar-refractivity contribution in [2.24, 2.45) is 0 Å². The summed E-state index contributed by atoms with van der Waals surface area (Å²) >= 11 is 0. The molecule has 1 heterocycles.